The topological polar surface area (TPSA) is 9.23 Å². The third-order valence-corrected chi connectivity index (χ3v) is 2.57. The molecule has 0 atom stereocenters. The lowest BCUT2D eigenvalue weighted by Crippen LogP contribution is -2.17. The highest BCUT2D eigenvalue weighted by atomic mass is 33.1. The number of benzene rings is 1. The number of aryl methyl sites for hydroxylation is 1. The molecule has 0 radical (unpaired) electrons. The number of thiol groups is 1. The van der Waals surface area contributed by atoms with Crippen molar-refractivity contribution in [1.82, 2.24) is 0 Å². The Morgan fingerprint density at radius 2 is 1.80 bits per heavy atom. The van der Waals surface area contributed by atoms with Crippen LogP contribution in [-0.4, -0.2) is 12.1 Å². The lowest BCUT2D eigenvalue weighted by atomic mass is 10.2. The summed E-state index contributed by atoms with van der Waals surface area (Å²) in [5.41, 5.74) is 0.964. The van der Waals surface area contributed by atoms with Gasteiger partial charge < -0.3 is 4.74 Å². The normalized spacial score (nSPS) is 11.5. The van der Waals surface area contributed by atoms with E-state index in [1.165, 1.54) is 22.9 Å². The third kappa shape index (κ3) is 5.22. The molecule has 0 fully saturated rings. The van der Waals surface area contributed by atoms with E-state index in [1.807, 2.05) is 0 Å². The summed E-state index contributed by atoms with van der Waals surface area (Å²) in [6.45, 7) is 0. The van der Waals surface area contributed by atoms with E-state index < -0.39 is 6.36 Å². The molecule has 6 heteroatoms. The molecule has 0 saturated carbocycles. The van der Waals surface area contributed by atoms with Gasteiger partial charge in [0.25, 0.3) is 0 Å². The molecule has 0 aliphatic heterocycles. The second-order valence-corrected chi connectivity index (χ2v) is 4.22. The molecule has 0 amide bonds. The summed E-state index contributed by atoms with van der Waals surface area (Å²) in [5, 5.41) is 0. The highest BCUT2D eigenvalue weighted by Crippen LogP contribution is 2.23. The van der Waals surface area contributed by atoms with Crippen molar-refractivity contribution in [2.45, 2.75) is 12.8 Å². The molecule has 84 valence electrons. The van der Waals surface area contributed by atoms with Crippen molar-refractivity contribution in [2.75, 3.05) is 5.75 Å². The Balaban J connectivity index is 2.56. The van der Waals surface area contributed by atoms with Crippen LogP contribution in [0.1, 0.15) is 5.56 Å². The minimum atomic E-state index is -4.62. The summed E-state index contributed by atoms with van der Waals surface area (Å²) in [5.74, 6) is 0.632. The maximum absolute atomic E-state index is 11.8. The van der Waals surface area contributed by atoms with Gasteiger partial charge in [0.1, 0.15) is 5.75 Å². The average molecular weight is 254 g/mol. The predicted octanol–water partition coefficient (Wildman–Crippen LogP) is 3.71. The minimum Gasteiger partial charge on any atom is -0.406 e. The van der Waals surface area contributed by atoms with Gasteiger partial charge in [-0.2, -0.15) is 0 Å². The molecule has 0 aromatic heterocycles. The predicted molar refractivity (Wildman–Crippen MR) is 58.3 cm³/mol. The third-order valence-electron chi connectivity index (χ3n) is 1.64. The molecule has 1 nitrogen and oxygen atoms in total. The fourth-order valence-electron chi connectivity index (χ4n) is 1.02. The van der Waals surface area contributed by atoms with Crippen LogP contribution >= 0.6 is 22.5 Å². The van der Waals surface area contributed by atoms with Crippen LogP contribution in [0.5, 0.6) is 5.75 Å². The molecule has 0 aliphatic rings. The molecular weight excluding hydrogens is 245 g/mol. The first-order valence-electron chi connectivity index (χ1n) is 4.12. The van der Waals surface area contributed by atoms with Gasteiger partial charge in [0.15, 0.2) is 0 Å². The lowest BCUT2D eigenvalue weighted by Gasteiger charge is -2.08. The van der Waals surface area contributed by atoms with Gasteiger partial charge in [-0.1, -0.05) is 22.9 Å². The standard InChI is InChI=1S/C9H9F3OS2/c10-9(11,12)13-8-3-1-7(2-4-8)5-6-15-14/h1-4,14H,5-6H2. The van der Waals surface area contributed by atoms with Crippen LogP contribution < -0.4 is 4.74 Å². The van der Waals surface area contributed by atoms with E-state index in [2.05, 4.69) is 16.4 Å². The maximum Gasteiger partial charge on any atom is 0.573 e. The van der Waals surface area contributed by atoms with Gasteiger partial charge in [-0.3, -0.25) is 0 Å². The first-order chi connectivity index (χ1) is 7.01. The Morgan fingerprint density at radius 3 is 2.27 bits per heavy atom. The van der Waals surface area contributed by atoms with Crippen molar-refractivity contribution in [2.24, 2.45) is 0 Å². The van der Waals surface area contributed by atoms with Crippen molar-refractivity contribution in [3.8, 4) is 5.75 Å². The van der Waals surface area contributed by atoms with E-state index in [0.717, 1.165) is 17.7 Å². The number of halogens is 3. The van der Waals surface area contributed by atoms with Crippen LogP contribution in [0.15, 0.2) is 24.3 Å². The Bertz CT molecular complexity index is 297. The fraction of sp³-hybridized carbons (Fsp3) is 0.333. The summed E-state index contributed by atoms with van der Waals surface area (Å²) in [6.07, 6.45) is -3.84. The van der Waals surface area contributed by atoms with Gasteiger partial charge in [0, 0.05) is 5.75 Å². The smallest absolute Gasteiger partial charge is 0.406 e. The molecule has 1 rings (SSSR count). The van der Waals surface area contributed by atoms with E-state index in [-0.39, 0.29) is 5.75 Å². The number of hydrogen-bond acceptors (Lipinski definition) is 3. The van der Waals surface area contributed by atoms with Gasteiger partial charge in [0.2, 0.25) is 0 Å². The van der Waals surface area contributed by atoms with E-state index >= 15 is 0 Å². The SMILES string of the molecule is FC(F)(F)Oc1ccc(CCSS)cc1. The zero-order valence-corrected chi connectivity index (χ0v) is 9.33. The number of alkyl halides is 3. The Hall–Kier alpha value is -0.490. The van der Waals surface area contributed by atoms with E-state index in [0.29, 0.717) is 0 Å². The van der Waals surface area contributed by atoms with Crippen LogP contribution in [0.4, 0.5) is 13.2 Å². The lowest BCUT2D eigenvalue weighted by molar-refractivity contribution is -0.274. The quantitative estimate of drug-likeness (QED) is 0.648. The fourth-order valence-corrected chi connectivity index (χ4v) is 1.62. The summed E-state index contributed by atoms with van der Waals surface area (Å²) in [7, 11) is 1.39. The zero-order valence-electron chi connectivity index (χ0n) is 7.62. The zero-order chi connectivity index (χ0) is 11.3. The van der Waals surface area contributed by atoms with Crippen LogP contribution in [0.3, 0.4) is 0 Å². The highest BCUT2D eigenvalue weighted by Gasteiger charge is 2.30. The first-order valence-corrected chi connectivity index (χ1v) is 6.16. The molecule has 0 saturated heterocycles. The average Bonchev–Trinajstić information content (AvgIpc) is 2.14. The van der Waals surface area contributed by atoms with Crippen LogP contribution in [0.2, 0.25) is 0 Å². The Kier molecular flexibility index (Phi) is 4.66. The summed E-state index contributed by atoms with van der Waals surface area (Å²) in [4.78, 5) is 0. The van der Waals surface area contributed by atoms with E-state index in [9.17, 15) is 13.2 Å². The molecule has 0 heterocycles. The monoisotopic (exact) mass is 254 g/mol. The molecule has 0 N–H and O–H groups in total. The largest absolute Gasteiger partial charge is 0.573 e. The second-order valence-electron chi connectivity index (χ2n) is 2.77. The molecule has 1 aromatic carbocycles. The maximum atomic E-state index is 11.8. The Labute approximate surface area is 94.8 Å². The van der Waals surface area contributed by atoms with Crippen molar-refractivity contribution in [1.29, 1.82) is 0 Å². The minimum absolute atomic E-state index is 0.190. The number of rotatable bonds is 4. The van der Waals surface area contributed by atoms with Gasteiger partial charge in [0.05, 0.1) is 0 Å². The molecule has 1 aromatic rings. The van der Waals surface area contributed by atoms with Gasteiger partial charge >= 0.3 is 6.36 Å². The van der Waals surface area contributed by atoms with E-state index in [4.69, 9.17) is 0 Å². The van der Waals surface area contributed by atoms with Gasteiger partial charge in [-0.05, 0) is 24.1 Å². The van der Waals surface area contributed by atoms with Gasteiger partial charge in [-0.15, -0.1) is 24.8 Å². The van der Waals surface area contributed by atoms with Crippen LogP contribution in [0, 0.1) is 0 Å². The van der Waals surface area contributed by atoms with Crippen molar-refractivity contribution >= 4 is 22.5 Å². The highest BCUT2D eigenvalue weighted by molar-refractivity contribution is 8.68. The van der Waals surface area contributed by atoms with Crippen LogP contribution in [-0.2, 0) is 6.42 Å². The molecular formula is C9H9F3OS2. The van der Waals surface area contributed by atoms with Gasteiger partial charge in [-0.25, -0.2) is 0 Å². The molecule has 0 aliphatic carbocycles. The molecule has 15 heavy (non-hydrogen) atoms. The van der Waals surface area contributed by atoms with Crippen molar-refractivity contribution in [3.05, 3.63) is 29.8 Å². The molecule has 0 unspecified atom stereocenters. The molecule has 0 bridgehead atoms. The van der Waals surface area contributed by atoms with Crippen molar-refractivity contribution in [3.63, 3.8) is 0 Å². The number of hydrogen-bond donors (Lipinski definition) is 1. The Morgan fingerprint density at radius 1 is 1.20 bits per heavy atom. The number of ether oxygens (including phenoxy) is 1. The molecule has 0 spiro atoms. The van der Waals surface area contributed by atoms with Crippen LogP contribution in [0.25, 0.3) is 0 Å². The van der Waals surface area contributed by atoms with E-state index in [1.54, 1.807) is 12.1 Å². The second kappa shape index (κ2) is 5.55. The first kappa shape index (κ1) is 12.6. The van der Waals surface area contributed by atoms with Crippen molar-refractivity contribution < 1.29 is 17.9 Å². The summed E-state index contributed by atoms with van der Waals surface area (Å²) in [6, 6.07) is 5.86. The summed E-state index contributed by atoms with van der Waals surface area (Å²) >= 11 is 3.97. The summed E-state index contributed by atoms with van der Waals surface area (Å²) < 4.78 is 39.2.